The molecule has 0 radical (unpaired) electrons. The minimum absolute atomic E-state index is 0.378. The Kier molecular flexibility index (Phi) is 5.87. The molecule has 0 aromatic heterocycles. The number of amides is 1. The highest BCUT2D eigenvalue weighted by atomic mass is 16.6. The molecule has 3 heteroatoms. The summed E-state index contributed by atoms with van der Waals surface area (Å²) < 4.78 is 5.52. The monoisotopic (exact) mass is 263 g/mol. The molecular formula is C16H25NO2. The highest BCUT2D eigenvalue weighted by Crippen LogP contribution is 2.36. The van der Waals surface area contributed by atoms with Crippen LogP contribution in [0, 0.1) is 0 Å². The van der Waals surface area contributed by atoms with Crippen molar-refractivity contribution in [1.82, 2.24) is 5.32 Å². The SMILES string of the molecule is CCC(C)c1cccc(C(C)CC)c1OC(=O)NC. The van der Waals surface area contributed by atoms with Gasteiger partial charge in [-0.05, 0) is 35.8 Å². The maximum atomic E-state index is 11.6. The minimum Gasteiger partial charge on any atom is -0.410 e. The number of carbonyl (C=O) groups is 1. The first-order valence-electron chi connectivity index (χ1n) is 7.07. The molecule has 0 saturated heterocycles. The lowest BCUT2D eigenvalue weighted by molar-refractivity contribution is 0.201. The molecule has 0 aliphatic carbocycles. The van der Waals surface area contributed by atoms with E-state index in [0.29, 0.717) is 11.8 Å². The van der Waals surface area contributed by atoms with E-state index in [4.69, 9.17) is 4.74 Å². The molecule has 0 bridgehead atoms. The predicted molar refractivity (Wildman–Crippen MR) is 78.9 cm³/mol. The molecular weight excluding hydrogens is 238 g/mol. The number of hydrogen-bond acceptors (Lipinski definition) is 2. The fourth-order valence-corrected chi connectivity index (χ4v) is 2.05. The van der Waals surface area contributed by atoms with E-state index >= 15 is 0 Å². The minimum atomic E-state index is -0.402. The fourth-order valence-electron chi connectivity index (χ4n) is 2.05. The molecule has 0 aliphatic rings. The first-order valence-corrected chi connectivity index (χ1v) is 7.07. The molecule has 1 amide bonds. The second-order valence-corrected chi connectivity index (χ2v) is 5.02. The highest BCUT2D eigenvalue weighted by Gasteiger charge is 2.19. The van der Waals surface area contributed by atoms with E-state index in [1.807, 2.05) is 0 Å². The van der Waals surface area contributed by atoms with Crippen LogP contribution in [0.1, 0.15) is 63.5 Å². The molecule has 106 valence electrons. The third kappa shape index (κ3) is 3.72. The van der Waals surface area contributed by atoms with Crippen LogP contribution in [0.2, 0.25) is 0 Å². The summed E-state index contributed by atoms with van der Waals surface area (Å²) in [4.78, 5) is 11.6. The number of benzene rings is 1. The quantitative estimate of drug-likeness (QED) is 0.853. The van der Waals surface area contributed by atoms with Crippen molar-refractivity contribution in [3.63, 3.8) is 0 Å². The van der Waals surface area contributed by atoms with Crippen LogP contribution in [0.15, 0.2) is 18.2 Å². The van der Waals surface area contributed by atoms with Crippen molar-refractivity contribution in [2.24, 2.45) is 0 Å². The van der Waals surface area contributed by atoms with E-state index in [1.165, 1.54) is 0 Å². The molecule has 3 nitrogen and oxygen atoms in total. The predicted octanol–water partition coefficient (Wildman–Crippen LogP) is 4.43. The maximum Gasteiger partial charge on any atom is 0.412 e. The Bertz CT molecular complexity index is 401. The van der Waals surface area contributed by atoms with Gasteiger partial charge in [0.15, 0.2) is 0 Å². The highest BCUT2D eigenvalue weighted by molar-refractivity contribution is 5.71. The second kappa shape index (κ2) is 7.17. The molecule has 0 heterocycles. The Balaban J connectivity index is 3.27. The smallest absolute Gasteiger partial charge is 0.410 e. The van der Waals surface area contributed by atoms with Gasteiger partial charge in [0, 0.05) is 7.05 Å². The summed E-state index contributed by atoms with van der Waals surface area (Å²) in [6.45, 7) is 8.60. The van der Waals surface area contributed by atoms with Gasteiger partial charge in [0.25, 0.3) is 0 Å². The first kappa shape index (κ1) is 15.5. The van der Waals surface area contributed by atoms with E-state index in [-0.39, 0.29) is 0 Å². The summed E-state index contributed by atoms with van der Waals surface area (Å²) >= 11 is 0. The van der Waals surface area contributed by atoms with Gasteiger partial charge in [0.05, 0.1) is 0 Å². The van der Waals surface area contributed by atoms with Crippen molar-refractivity contribution in [2.45, 2.75) is 52.4 Å². The van der Waals surface area contributed by atoms with Gasteiger partial charge in [0.1, 0.15) is 5.75 Å². The van der Waals surface area contributed by atoms with Gasteiger partial charge in [-0.1, -0.05) is 45.9 Å². The van der Waals surface area contributed by atoms with Crippen molar-refractivity contribution in [1.29, 1.82) is 0 Å². The standard InChI is InChI=1S/C16H25NO2/c1-6-11(3)13-9-8-10-14(12(4)7-2)15(13)19-16(18)17-5/h8-12H,6-7H2,1-5H3,(H,17,18). The normalized spacial score (nSPS) is 13.7. The molecule has 2 unspecified atom stereocenters. The van der Waals surface area contributed by atoms with Crippen LogP contribution >= 0.6 is 0 Å². The van der Waals surface area contributed by atoms with Gasteiger partial charge in [-0.25, -0.2) is 4.79 Å². The van der Waals surface area contributed by atoms with Crippen LogP contribution in [0.3, 0.4) is 0 Å². The summed E-state index contributed by atoms with van der Waals surface area (Å²) in [5, 5.41) is 2.52. The Morgan fingerprint density at radius 2 is 1.63 bits per heavy atom. The summed E-state index contributed by atoms with van der Waals surface area (Å²) in [5.41, 5.74) is 2.23. The van der Waals surface area contributed by atoms with Crippen molar-refractivity contribution in [3.8, 4) is 5.75 Å². The van der Waals surface area contributed by atoms with Crippen LogP contribution in [0.25, 0.3) is 0 Å². The Morgan fingerprint density at radius 3 is 2.00 bits per heavy atom. The number of para-hydroxylation sites is 1. The van der Waals surface area contributed by atoms with Gasteiger partial charge < -0.3 is 10.1 Å². The zero-order valence-corrected chi connectivity index (χ0v) is 12.6. The maximum absolute atomic E-state index is 11.6. The average molecular weight is 263 g/mol. The number of carbonyl (C=O) groups excluding carboxylic acids is 1. The first-order chi connectivity index (χ1) is 9.04. The number of ether oxygens (including phenoxy) is 1. The van der Waals surface area contributed by atoms with E-state index in [1.54, 1.807) is 7.05 Å². The Morgan fingerprint density at radius 1 is 1.16 bits per heavy atom. The Hall–Kier alpha value is -1.51. The van der Waals surface area contributed by atoms with Gasteiger partial charge in [-0.2, -0.15) is 0 Å². The van der Waals surface area contributed by atoms with Crippen molar-refractivity contribution in [2.75, 3.05) is 7.05 Å². The summed E-state index contributed by atoms with van der Waals surface area (Å²) in [5.74, 6) is 1.50. The fraction of sp³-hybridized carbons (Fsp3) is 0.562. The van der Waals surface area contributed by atoms with E-state index in [9.17, 15) is 4.79 Å². The average Bonchev–Trinajstić information content (AvgIpc) is 2.45. The zero-order valence-electron chi connectivity index (χ0n) is 12.6. The number of nitrogens with one attached hydrogen (secondary N) is 1. The summed E-state index contributed by atoms with van der Waals surface area (Å²) in [7, 11) is 1.58. The van der Waals surface area contributed by atoms with E-state index in [2.05, 4.69) is 51.2 Å². The van der Waals surface area contributed by atoms with Crippen LogP contribution < -0.4 is 10.1 Å². The zero-order chi connectivity index (χ0) is 14.4. The van der Waals surface area contributed by atoms with Crippen molar-refractivity contribution in [3.05, 3.63) is 29.3 Å². The molecule has 19 heavy (non-hydrogen) atoms. The van der Waals surface area contributed by atoms with Crippen LogP contribution in [0.5, 0.6) is 5.75 Å². The van der Waals surface area contributed by atoms with Crippen LogP contribution in [-0.2, 0) is 0 Å². The van der Waals surface area contributed by atoms with Crippen molar-refractivity contribution >= 4 is 6.09 Å². The molecule has 0 spiro atoms. The summed E-state index contributed by atoms with van der Waals surface area (Å²) in [6, 6.07) is 6.16. The van der Waals surface area contributed by atoms with Gasteiger partial charge in [-0.15, -0.1) is 0 Å². The largest absolute Gasteiger partial charge is 0.412 e. The van der Waals surface area contributed by atoms with Crippen LogP contribution in [-0.4, -0.2) is 13.1 Å². The molecule has 1 N–H and O–H groups in total. The van der Waals surface area contributed by atoms with Gasteiger partial charge in [0.2, 0.25) is 0 Å². The lowest BCUT2D eigenvalue weighted by Crippen LogP contribution is -2.23. The van der Waals surface area contributed by atoms with Crippen molar-refractivity contribution < 1.29 is 9.53 Å². The van der Waals surface area contributed by atoms with E-state index in [0.717, 1.165) is 29.7 Å². The third-order valence-corrected chi connectivity index (χ3v) is 3.76. The Labute approximate surface area is 116 Å². The lowest BCUT2D eigenvalue weighted by Gasteiger charge is -2.20. The molecule has 0 saturated carbocycles. The topological polar surface area (TPSA) is 38.3 Å². The molecule has 1 aromatic carbocycles. The second-order valence-electron chi connectivity index (χ2n) is 5.02. The molecule has 0 aliphatic heterocycles. The van der Waals surface area contributed by atoms with Gasteiger partial charge >= 0.3 is 6.09 Å². The molecule has 0 fully saturated rings. The lowest BCUT2D eigenvalue weighted by atomic mass is 9.90. The number of hydrogen-bond donors (Lipinski definition) is 1. The molecule has 2 atom stereocenters. The summed E-state index contributed by atoms with van der Waals surface area (Å²) in [6.07, 6.45) is 1.64. The number of rotatable bonds is 5. The van der Waals surface area contributed by atoms with E-state index < -0.39 is 6.09 Å². The molecule has 1 aromatic rings. The van der Waals surface area contributed by atoms with Gasteiger partial charge in [-0.3, -0.25) is 0 Å². The third-order valence-electron chi connectivity index (χ3n) is 3.76. The van der Waals surface area contributed by atoms with Crippen LogP contribution in [0.4, 0.5) is 4.79 Å². The molecule has 1 rings (SSSR count).